The van der Waals surface area contributed by atoms with E-state index in [1.165, 1.54) is 0 Å². The quantitative estimate of drug-likeness (QED) is 0.730. The van der Waals surface area contributed by atoms with Crippen molar-refractivity contribution in [3.05, 3.63) is 71.8 Å². The molecule has 27 heavy (non-hydrogen) atoms. The summed E-state index contributed by atoms with van der Waals surface area (Å²) < 4.78 is 0. The average molecular weight is 367 g/mol. The monoisotopic (exact) mass is 366 g/mol. The van der Waals surface area contributed by atoms with Crippen LogP contribution in [0, 0.1) is 0 Å². The van der Waals surface area contributed by atoms with Crippen molar-refractivity contribution >= 4 is 11.8 Å². The second-order valence-electron chi connectivity index (χ2n) is 6.88. The molecule has 0 spiro atoms. The van der Waals surface area contributed by atoms with Gasteiger partial charge in [-0.25, -0.2) is 0 Å². The first-order valence-corrected chi connectivity index (χ1v) is 9.72. The third-order valence-electron chi connectivity index (χ3n) is 4.77. The summed E-state index contributed by atoms with van der Waals surface area (Å²) in [7, 11) is 0. The third kappa shape index (κ3) is 6.24. The van der Waals surface area contributed by atoms with Crippen molar-refractivity contribution in [1.29, 1.82) is 0 Å². The molecule has 2 aromatic carbocycles. The predicted octanol–water partition coefficient (Wildman–Crippen LogP) is 3.95. The summed E-state index contributed by atoms with van der Waals surface area (Å²) >= 11 is 0. The van der Waals surface area contributed by atoms with Gasteiger partial charge in [-0.2, -0.15) is 0 Å². The summed E-state index contributed by atoms with van der Waals surface area (Å²) in [5.41, 5.74) is 2.07. The molecule has 2 amide bonds. The molecule has 0 aromatic heterocycles. The standard InChI is InChI=1S/C23H30N2O2/c1-4-18(3)24-23(27)21(16-19-12-8-6-9-13-19)25(22(26)5-2)17-20-14-10-7-11-15-20/h6-15,18,21H,4-5,16-17H2,1-3H3,(H,24,27)/t18-,21-/m1/s1. The number of amides is 2. The van der Waals surface area contributed by atoms with Crippen LogP contribution < -0.4 is 5.32 Å². The van der Waals surface area contributed by atoms with Gasteiger partial charge in [0, 0.05) is 25.4 Å². The number of nitrogens with one attached hydrogen (secondary N) is 1. The van der Waals surface area contributed by atoms with Gasteiger partial charge in [-0.15, -0.1) is 0 Å². The molecule has 144 valence electrons. The van der Waals surface area contributed by atoms with E-state index in [1.54, 1.807) is 4.90 Å². The first kappa shape index (κ1) is 20.7. The zero-order chi connectivity index (χ0) is 19.6. The zero-order valence-electron chi connectivity index (χ0n) is 16.5. The molecule has 0 saturated heterocycles. The Balaban J connectivity index is 2.32. The number of hydrogen-bond donors (Lipinski definition) is 1. The van der Waals surface area contributed by atoms with Gasteiger partial charge in [0.15, 0.2) is 0 Å². The Labute approximate surface area is 162 Å². The molecule has 2 atom stereocenters. The van der Waals surface area contributed by atoms with Gasteiger partial charge in [0.1, 0.15) is 6.04 Å². The Bertz CT molecular complexity index is 716. The lowest BCUT2D eigenvalue weighted by molar-refractivity contribution is -0.141. The Morgan fingerprint density at radius 2 is 1.48 bits per heavy atom. The highest BCUT2D eigenvalue weighted by Gasteiger charge is 2.30. The minimum Gasteiger partial charge on any atom is -0.352 e. The van der Waals surface area contributed by atoms with E-state index in [1.807, 2.05) is 81.4 Å². The molecular weight excluding hydrogens is 336 g/mol. The summed E-state index contributed by atoms with van der Waals surface area (Å²) in [6, 6.07) is 19.3. The highest BCUT2D eigenvalue weighted by atomic mass is 16.2. The summed E-state index contributed by atoms with van der Waals surface area (Å²) in [5.74, 6) is -0.106. The molecule has 0 aliphatic rings. The zero-order valence-corrected chi connectivity index (χ0v) is 16.5. The Kier molecular flexibility index (Phi) is 8.05. The smallest absolute Gasteiger partial charge is 0.243 e. The maximum Gasteiger partial charge on any atom is 0.243 e. The fourth-order valence-electron chi connectivity index (χ4n) is 2.98. The highest BCUT2D eigenvalue weighted by molar-refractivity contribution is 5.88. The Morgan fingerprint density at radius 3 is 2.00 bits per heavy atom. The van der Waals surface area contributed by atoms with E-state index in [4.69, 9.17) is 0 Å². The van der Waals surface area contributed by atoms with Crippen LogP contribution in [0.4, 0.5) is 0 Å². The summed E-state index contributed by atoms with van der Waals surface area (Å²) in [6.07, 6.45) is 1.72. The Morgan fingerprint density at radius 1 is 0.926 bits per heavy atom. The molecule has 0 aliphatic heterocycles. The van der Waals surface area contributed by atoms with E-state index in [-0.39, 0.29) is 17.9 Å². The van der Waals surface area contributed by atoms with E-state index < -0.39 is 6.04 Å². The second-order valence-corrected chi connectivity index (χ2v) is 6.88. The molecule has 0 saturated carbocycles. The predicted molar refractivity (Wildman–Crippen MR) is 109 cm³/mol. The fourth-order valence-corrected chi connectivity index (χ4v) is 2.98. The molecule has 2 aromatic rings. The molecular formula is C23H30N2O2. The van der Waals surface area contributed by atoms with Crippen LogP contribution in [0.1, 0.15) is 44.7 Å². The van der Waals surface area contributed by atoms with Crippen LogP contribution in [-0.4, -0.2) is 28.8 Å². The lowest BCUT2D eigenvalue weighted by atomic mass is 10.0. The van der Waals surface area contributed by atoms with Crippen molar-refractivity contribution < 1.29 is 9.59 Å². The van der Waals surface area contributed by atoms with E-state index in [0.717, 1.165) is 17.5 Å². The maximum absolute atomic E-state index is 13.1. The molecule has 1 N–H and O–H groups in total. The topological polar surface area (TPSA) is 49.4 Å². The molecule has 0 radical (unpaired) electrons. The molecule has 0 bridgehead atoms. The molecule has 4 heteroatoms. The molecule has 4 nitrogen and oxygen atoms in total. The number of carbonyl (C=O) groups excluding carboxylic acids is 2. The van der Waals surface area contributed by atoms with Crippen molar-refractivity contribution in [2.75, 3.05) is 0 Å². The summed E-state index contributed by atoms with van der Waals surface area (Å²) in [6.45, 7) is 6.29. The normalized spacial score (nSPS) is 12.9. The number of hydrogen-bond acceptors (Lipinski definition) is 2. The number of benzene rings is 2. The lowest BCUT2D eigenvalue weighted by Gasteiger charge is -2.32. The largest absolute Gasteiger partial charge is 0.352 e. The molecule has 2 rings (SSSR count). The van der Waals surface area contributed by atoms with Gasteiger partial charge in [0.05, 0.1) is 0 Å². The van der Waals surface area contributed by atoms with Gasteiger partial charge in [0.25, 0.3) is 0 Å². The van der Waals surface area contributed by atoms with Crippen LogP contribution in [0.2, 0.25) is 0 Å². The maximum atomic E-state index is 13.1. The van der Waals surface area contributed by atoms with Crippen LogP contribution in [-0.2, 0) is 22.6 Å². The third-order valence-corrected chi connectivity index (χ3v) is 4.77. The Hall–Kier alpha value is -2.62. The van der Waals surface area contributed by atoms with Crippen LogP contribution in [0.25, 0.3) is 0 Å². The minimum absolute atomic E-state index is 0.0147. The number of nitrogens with zero attached hydrogens (tertiary/aromatic N) is 1. The number of carbonyl (C=O) groups is 2. The SMILES string of the molecule is CCC(=O)N(Cc1ccccc1)[C@H](Cc1ccccc1)C(=O)N[C@H](C)CC. The van der Waals surface area contributed by atoms with Crippen molar-refractivity contribution in [2.45, 2.75) is 58.7 Å². The fraction of sp³-hybridized carbons (Fsp3) is 0.391. The molecule has 0 heterocycles. The number of rotatable bonds is 9. The van der Waals surface area contributed by atoms with E-state index in [2.05, 4.69) is 5.32 Å². The van der Waals surface area contributed by atoms with Gasteiger partial charge in [0.2, 0.25) is 11.8 Å². The van der Waals surface area contributed by atoms with Crippen molar-refractivity contribution in [2.24, 2.45) is 0 Å². The van der Waals surface area contributed by atoms with Crippen LogP contribution in [0.5, 0.6) is 0 Å². The van der Waals surface area contributed by atoms with Crippen molar-refractivity contribution in [3.63, 3.8) is 0 Å². The van der Waals surface area contributed by atoms with Crippen LogP contribution >= 0.6 is 0 Å². The first-order valence-electron chi connectivity index (χ1n) is 9.72. The summed E-state index contributed by atoms with van der Waals surface area (Å²) in [4.78, 5) is 27.5. The van der Waals surface area contributed by atoms with Crippen LogP contribution in [0.3, 0.4) is 0 Å². The van der Waals surface area contributed by atoms with Gasteiger partial charge < -0.3 is 10.2 Å². The first-order chi connectivity index (χ1) is 13.0. The van der Waals surface area contributed by atoms with Gasteiger partial charge in [-0.05, 0) is 24.5 Å². The molecule has 0 fully saturated rings. The van der Waals surface area contributed by atoms with Crippen molar-refractivity contribution in [3.8, 4) is 0 Å². The molecule has 0 unspecified atom stereocenters. The van der Waals surface area contributed by atoms with Gasteiger partial charge in [-0.3, -0.25) is 9.59 Å². The highest BCUT2D eigenvalue weighted by Crippen LogP contribution is 2.16. The van der Waals surface area contributed by atoms with Crippen molar-refractivity contribution in [1.82, 2.24) is 10.2 Å². The van der Waals surface area contributed by atoms with E-state index in [0.29, 0.717) is 19.4 Å². The molecule has 0 aliphatic carbocycles. The van der Waals surface area contributed by atoms with Gasteiger partial charge >= 0.3 is 0 Å². The van der Waals surface area contributed by atoms with Gasteiger partial charge in [-0.1, -0.05) is 74.5 Å². The summed E-state index contributed by atoms with van der Waals surface area (Å²) in [5, 5.41) is 3.06. The van der Waals surface area contributed by atoms with E-state index >= 15 is 0 Å². The van der Waals surface area contributed by atoms with E-state index in [9.17, 15) is 9.59 Å². The minimum atomic E-state index is -0.533. The van der Waals surface area contributed by atoms with Crippen LogP contribution in [0.15, 0.2) is 60.7 Å². The second kappa shape index (κ2) is 10.5. The average Bonchev–Trinajstić information content (AvgIpc) is 2.71. The lowest BCUT2D eigenvalue weighted by Crippen LogP contribution is -2.52.